The standard InChI is InChI=1S/C15H17Cl2N3OS/c1-9(12-5-4-11(16)8-13(12)17)19-14(21)10(2)22-15-18-6-7-20(15)3/h4-10H,1-3H3,(H,19,21)/t9-,10-/m1/s1. The highest BCUT2D eigenvalue weighted by atomic mass is 35.5. The van der Waals surface area contributed by atoms with E-state index in [1.807, 2.05) is 37.7 Å². The Kier molecular flexibility index (Phi) is 5.78. The van der Waals surface area contributed by atoms with E-state index in [-0.39, 0.29) is 17.2 Å². The molecule has 2 atom stereocenters. The van der Waals surface area contributed by atoms with Crippen molar-refractivity contribution in [3.8, 4) is 0 Å². The maximum absolute atomic E-state index is 12.3. The number of benzene rings is 1. The van der Waals surface area contributed by atoms with Crippen molar-refractivity contribution in [1.29, 1.82) is 0 Å². The van der Waals surface area contributed by atoms with E-state index in [0.29, 0.717) is 10.0 Å². The quantitative estimate of drug-likeness (QED) is 0.819. The normalized spacial score (nSPS) is 13.7. The number of aromatic nitrogens is 2. The average molecular weight is 358 g/mol. The van der Waals surface area contributed by atoms with Crippen molar-refractivity contribution < 1.29 is 4.79 Å². The summed E-state index contributed by atoms with van der Waals surface area (Å²) in [4.78, 5) is 16.5. The van der Waals surface area contributed by atoms with Gasteiger partial charge in [0.1, 0.15) is 0 Å². The second-order valence-corrected chi connectivity index (χ2v) is 7.13. The van der Waals surface area contributed by atoms with Crippen molar-refractivity contribution >= 4 is 40.9 Å². The van der Waals surface area contributed by atoms with Gasteiger partial charge in [-0.15, -0.1) is 0 Å². The molecule has 0 saturated heterocycles. The summed E-state index contributed by atoms with van der Waals surface area (Å²) in [7, 11) is 1.90. The minimum atomic E-state index is -0.255. The molecule has 1 N–H and O–H groups in total. The molecule has 1 heterocycles. The van der Waals surface area contributed by atoms with Crippen molar-refractivity contribution in [1.82, 2.24) is 14.9 Å². The molecule has 0 bridgehead atoms. The fourth-order valence-corrected chi connectivity index (χ4v) is 3.35. The van der Waals surface area contributed by atoms with E-state index in [2.05, 4.69) is 10.3 Å². The zero-order valence-electron chi connectivity index (χ0n) is 12.5. The number of aryl methyl sites for hydroxylation is 1. The molecule has 7 heteroatoms. The van der Waals surface area contributed by atoms with Crippen molar-refractivity contribution in [2.24, 2.45) is 7.05 Å². The van der Waals surface area contributed by atoms with Gasteiger partial charge in [0.15, 0.2) is 5.16 Å². The molecule has 4 nitrogen and oxygen atoms in total. The number of hydrogen-bond acceptors (Lipinski definition) is 3. The van der Waals surface area contributed by atoms with Crippen LogP contribution in [0, 0.1) is 0 Å². The predicted molar refractivity (Wildman–Crippen MR) is 91.5 cm³/mol. The van der Waals surface area contributed by atoms with Crippen LogP contribution in [0.25, 0.3) is 0 Å². The number of thioether (sulfide) groups is 1. The first-order valence-corrected chi connectivity index (χ1v) is 8.41. The van der Waals surface area contributed by atoms with Gasteiger partial charge >= 0.3 is 0 Å². The van der Waals surface area contributed by atoms with Crippen LogP contribution in [0.15, 0.2) is 35.7 Å². The number of rotatable bonds is 5. The molecule has 0 aliphatic carbocycles. The Hall–Kier alpha value is -1.17. The summed E-state index contributed by atoms with van der Waals surface area (Å²) >= 11 is 13.5. The molecule has 1 aromatic carbocycles. The van der Waals surface area contributed by atoms with Crippen LogP contribution in [0.5, 0.6) is 0 Å². The molecule has 0 saturated carbocycles. The van der Waals surface area contributed by atoms with E-state index in [0.717, 1.165) is 10.7 Å². The van der Waals surface area contributed by atoms with Crippen LogP contribution in [-0.2, 0) is 11.8 Å². The third-order valence-corrected chi connectivity index (χ3v) is 4.95. The summed E-state index contributed by atoms with van der Waals surface area (Å²) in [6, 6.07) is 5.07. The molecule has 0 aliphatic heterocycles. The van der Waals surface area contributed by atoms with Crippen LogP contribution in [-0.4, -0.2) is 20.7 Å². The van der Waals surface area contributed by atoms with Crippen LogP contribution in [0.1, 0.15) is 25.5 Å². The van der Waals surface area contributed by atoms with Crippen LogP contribution in [0.3, 0.4) is 0 Å². The van der Waals surface area contributed by atoms with Crippen LogP contribution >= 0.6 is 35.0 Å². The van der Waals surface area contributed by atoms with Crippen LogP contribution in [0.2, 0.25) is 10.0 Å². The van der Waals surface area contributed by atoms with Crippen LogP contribution in [0.4, 0.5) is 0 Å². The fourth-order valence-electron chi connectivity index (χ4n) is 1.94. The zero-order chi connectivity index (χ0) is 16.3. The van der Waals surface area contributed by atoms with Gasteiger partial charge in [-0.1, -0.05) is 41.0 Å². The molecule has 0 fully saturated rings. The van der Waals surface area contributed by atoms with E-state index in [1.54, 1.807) is 18.3 Å². The Morgan fingerprint density at radius 2 is 2.09 bits per heavy atom. The molecule has 22 heavy (non-hydrogen) atoms. The maximum atomic E-state index is 12.3. The predicted octanol–water partition coefficient (Wildman–Crippen LogP) is 4.08. The molecule has 1 amide bonds. The molecule has 2 rings (SSSR count). The van der Waals surface area contributed by atoms with Crippen molar-refractivity contribution in [3.05, 3.63) is 46.2 Å². The molecular weight excluding hydrogens is 341 g/mol. The zero-order valence-corrected chi connectivity index (χ0v) is 14.8. The van der Waals surface area contributed by atoms with Gasteiger partial charge in [-0.25, -0.2) is 4.98 Å². The third-order valence-electron chi connectivity index (χ3n) is 3.22. The number of hydrogen-bond donors (Lipinski definition) is 1. The molecule has 0 unspecified atom stereocenters. The van der Waals surface area contributed by atoms with E-state index >= 15 is 0 Å². The average Bonchev–Trinajstić information content (AvgIpc) is 2.83. The number of halogens is 2. The largest absolute Gasteiger partial charge is 0.349 e. The lowest BCUT2D eigenvalue weighted by Crippen LogP contribution is -2.33. The Balaban J connectivity index is 2.00. The topological polar surface area (TPSA) is 46.9 Å². The van der Waals surface area contributed by atoms with Gasteiger partial charge < -0.3 is 9.88 Å². The number of nitrogens with zero attached hydrogens (tertiary/aromatic N) is 2. The lowest BCUT2D eigenvalue weighted by atomic mass is 10.1. The number of imidazole rings is 1. The lowest BCUT2D eigenvalue weighted by Gasteiger charge is -2.18. The fraction of sp³-hybridized carbons (Fsp3) is 0.333. The molecule has 118 valence electrons. The van der Waals surface area contributed by atoms with Gasteiger partial charge in [0.05, 0.1) is 11.3 Å². The lowest BCUT2D eigenvalue weighted by molar-refractivity contribution is -0.120. The maximum Gasteiger partial charge on any atom is 0.233 e. The Bertz CT molecular complexity index is 675. The number of carbonyl (C=O) groups excluding carboxylic acids is 1. The van der Waals surface area contributed by atoms with Gasteiger partial charge in [-0.2, -0.15) is 0 Å². The SMILES string of the molecule is C[C@@H](Sc1nccn1C)C(=O)N[C@H](C)c1ccc(Cl)cc1Cl. The first kappa shape index (κ1) is 17.2. The number of nitrogens with one attached hydrogen (secondary N) is 1. The second-order valence-electron chi connectivity index (χ2n) is 4.98. The highest BCUT2D eigenvalue weighted by Gasteiger charge is 2.20. The Labute approximate surface area is 144 Å². The number of amides is 1. The minimum Gasteiger partial charge on any atom is -0.349 e. The molecule has 0 aliphatic rings. The van der Waals surface area contributed by atoms with E-state index < -0.39 is 0 Å². The summed E-state index contributed by atoms with van der Waals surface area (Å²) in [5.74, 6) is -0.0634. The van der Waals surface area contributed by atoms with Gasteiger partial charge in [0.2, 0.25) is 5.91 Å². The second kappa shape index (κ2) is 7.40. The van der Waals surface area contributed by atoms with Crippen LogP contribution < -0.4 is 5.32 Å². The first-order chi connectivity index (χ1) is 10.4. The van der Waals surface area contributed by atoms with Gasteiger partial charge in [0.25, 0.3) is 0 Å². The van der Waals surface area contributed by atoms with E-state index in [1.165, 1.54) is 11.8 Å². The molecular formula is C15H17Cl2N3OS. The van der Waals surface area contributed by atoms with Crippen molar-refractivity contribution in [2.75, 3.05) is 0 Å². The number of carbonyl (C=O) groups is 1. The third kappa shape index (κ3) is 4.18. The first-order valence-electron chi connectivity index (χ1n) is 6.77. The summed E-state index contributed by atoms with van der Waals surface area (Å²) in [5.41, 5.74) is 0.841. The van der Waals surface area contributed by atoms with Gasteiger partial charge in [-0.3, -0.25) is 4.79 Å². The van der Waals surface area contributed by atoms with Crippen molar-refractivity contribution in [2.45, 2.75) is 30.3 Å². The smallest absolute Gasteiger partial charge is 0.233 e. The highest BCUT2D eigenvalue weighted by molar-refractivity contribution is 8.00. The summed E-state index contributed by atoms with van der Waals surface area (Å²) in [6.45, 7) is 3.75. The molecule has 1 aromatic heterocycles. The van der Waals surface area contributed by atoms with Crippen molar-refractivity contribution in [3.63, 3.8) is 0 Å². The van der Waals surface area contributed by atoms with E-state index in [4.69, 9.17) is 23.2 Å². The minimum absolute atomic E-state index is 0.0634. The summed E-state index contributed by atoms with van der Waals surface area (Å²) in [5, 5.41) is 4.64. The highest BCUT2D eigenvalue weighted by Crippen LogP contribution is 2.27. The van der Waals surface area contributed by atoms with E-state index in [9.17, 15) is 4.79 Å². The van der Waals surface area contributed by atoms with Gasteiger partial charge in [0, 0.05) is 29.5 Å². The molecule has 0 spiro atoms. The Morgan fingerprint density at radius 3 is 2.68 bits per heavy atom. The molecule has 0 radical (unpaired) electrons. The monoisotopic (exact) mass is 357 g/mol. The van der Waals surface area contributed by atoms with Gasteiger partial charge in [-0.05, 0) is 31.5 Å². The summed E-state index contributed by atoms with van der Waals surface area (Å²) in [6.07, 6.45) is 3.56. The molecule has 2 aromatic rings. The Morgan fingerprint density at radius 1 is 1.36 bits per heavy atom. The summed E-state index contributed by atoms with van der Waals surface area (Å²) < 4.78 is 1.88.